The summed E-state index contributed by atoms with van der Waals surface area (Å²) in [6.07, 6.45) is 1.74. The van der Waals surface area contributed by atoms with E-state index < -0.39 is 0 Å². The van der Waals surface area contributed by atoms with Gasteiger partial charge in [-0.3, -0.25) is 9.69 Å². The second-order valence-electron chi connectivity index (χ2n) is 6.32. The number of hydrogen-bond acceptors (Lipinski definition) is 3. The molecular formula is C17H26N4O2. The number of carbonyl (C=O) groups is 2. The Bertz CT molecular complexity index is 559. The average molecular weight is 318 g/mol. The lowest BCUT2D eigenvalue weighted by Gasteiger charge is -2.27. The lowest BCUT2D eigenvalue weighted by Crippen LogP contribution is -2.46. The molecule has 0 aliphatic carbocycles. The van der Waals surface area contributed by atoms with Gasteiger partial charge in [-0.2, -0.15) is 0 Å². The van der Waals surface area contributed by atoms with Crippen LogP contribution in [0.4, 0.5) is 10.5 Å². The molecule has 0 radical (unpaired) electrons. The Morgan fingerprint density at radius 3 is 2.87 bits per heavy atom. The van der Waals surface area contributed by atoms with Crippen LogP contribution in [-0.4, -0.2) is 37.6 Å². The van der Waals surface area contributed by atoms with E-state index in [1.807, 2.05) is 6.07 Å². The zero-order valence-corrected chi connectivity index (χ0v) is 13.8. The zero-order valence-electron chi connectivity index (χ0n) is 13.8. The molecule has 1 aliphatic rings. The van der Waals surface area contributed by atoms with Gasteiger partial charge in [0.2, 0.25) is 0 Å². The van der Waals surface area contributed by atoms with Crippen molar-refractivity contribution in [2.75, 3.05) is 24.5 Å². The quantitative estimate of drug-likeness (QED) is 0.746. The Hall–Kier alpha value is -2.08. The Morgan fingerprint density at radius 2 is 2.22 bits per heavy atom. The number of urea groups is 1. The number of benzene rings is 1. The van der Waals surface area contributed by atoms with Crippen LogP contribution in [0.1, 0.15) is 37.0 Å². The summed E-state index contributed by atoms with van der Waals surface area (Å²) in [5.74, 6) is 0.313. The van der Waals surface area contributed by atoms with Crippen LogP contribution >= 0.6 is 0 Å². The van der Waals surface area contributed by atoms with E-state index in [0.29, 0.717) is 31.1 Å². The minimum absolute atomic E-state index is 0.0376. The predicted molar refractivity (Wildman–Crippen MR) is 91.6 cm³/mol. The largest absolute Gasteiger partial charge is 0.348 e. The van der Waals surface area contributed by atoms with Crippen molar-refractivity contribution in [3.8, 4) is 0 Å². The van der Waals surface area contributed by atoms with Crippen molar-refractivity contribution >= 4 is 17.6 Å². The molecule has 1 aromatic carbocycles. The van der Waals surface area contributed by atoms with E-state index in [4.69, 9.17) is 5.73 Å². The van der Waals surface area contributed by atoms with Crippen LogP contribution in [0.2, 0.25) is 0 Å². The zero-order chi connectivity index (χ0) is 16.8. The summed E-state index contributed by atoms with van der Waals surface area (Å²) in [6.45, 7) is 5.98. The van der Waals surface area contributed by atoms with Crippen LogP contribution in [-0.2, 0) is 0 Å². The van der Waals surface area contributed by atoms with Gasteiger partial charge >= 0.3 is 6.03 Å². The molecule has 3 amide bonds. The Morgan fingerprint density at radius 1 is 1.43 bits per heavy atom. The van der Waals surface area contributed by atoms with Crippen LogP contribution in [0, 0.1) is 5.92 Å². The third-order valence-corrected chi connectivity index (χ3v) is 3.88. The Balaban J connectivity index is 2.09. The van der Waals surface area contributed by atoms with E-state index in [1.54, 1.807) is 23.1 Å². The Kier molecular flexibility index (Phi) is 5.98. The first-order valence-corrected chi connectivity index (χ1v) is 8.17. The number of nitrogens with one attached hydrogen (secondary N) is 2. The van der Waals surface area contributed by atoms with E-state index >= 15 is 0 Å². The molecule has 126 valence electrons. The highest BCUT2D eigenvalue weighted by molar-refractivity contribution is 5.98. The van der Waals surface area contributed by atoms with Crippen molar-refractivity contribution in [2.24, 2.45) is 11.7 Å². The van der Waals surface area contributed by atoms with Gasteiger partial charge in [-0.1, -0.05) is 19.9 Å². The summed E-state index contributed by atoms with van der Waals surface area (Å²) >= 11 is 0. The number of nitrogens with zero attached hydrogens (tertiary/aromatic N) is 1. The average Bonchev–Trinajstić information content (AvgIpc) is 2.54. The molecule has 1 atom stereocenters. The second kappa shape index (κ2) is 7.97. The van der Waals surface area contributed by atoms with Gasteiger partial charge in [0, 0.05) is 36.9 Å². The lowest BCUT2D eigenvalue weighted by molar-refractivity contribution is 0.0933. The molecule has 1 unspecified atom stereocenters. The van der Waals surface area contributed by atoms with Gasteiger partial charge < -0.3 is 16.4 Å². The van der Waals surface area contributed by atoms with Crippen molar-refractivity contribution in [3.63, 3.8) is 0 Å². The molecular weight excluding hydrogens is 292 g/mol. The summed E-state index contributed by atoms with van der Waals surface area (Å²) in [4.78, 5) is 26.0. The topological polar surface area (TPSA) is 87.5 Å². The Labute approximate surface area is 137 Å². The minimum atomic E-state index is -0.152. The molecule has 0 bridgehead atoms. The van der Waals surface area contributed by atoms with Crippen molar-refractivity contribution in [2.45, 2.75) is 32.7 Å². The van der Waals surface area contributed by atoms with Crippen LogP contribution in [0.15, 0.2) is 24.3 Å². The summed E-state index contributed by atoms with van der Waals surface area (Å²) in [5.41, 5.74) is 7.02. The van der Waals surface area contributed by atoms with Crippen molar-refractivity contribution in [3.05, 3.63) is 29.8 Å². The molecule has 1 aliphatic heterocycles. The molecule has 1 saturated heterocycles. The summed E-state index contributed by atoms with van der Waals surface area (Å²) < 4.78 is 0. The minimum Gasteiger partial charge on any atom is -0.348 e. The van der Waals surface area contributed by atoms with Gasteiger partial charge in [0.05, 0.1) is 0 Å². The first-order chi connectivity index (χ1) is 11.0. The number of rotatable bonds is 6. The van der Waals surface area contributed by atoms with E-state index in [0.717, 1.165) is 18.5 Å². The molecule has 0 saturated carbocycles. The SMILES string of the molecule is CC(C)CC(CN)NC(=O)c1cccc(N2CCCNC2=O)c1. The van der Waals surface area contributed by atoms with Crippen LogP contribution in [0.5, 0.6) is 0 Å². The second-order valence-corrected chi connectivity index (χ2v) is 6.32. The van der Waals surface area contributed by atoms with E-state index in [9.17, 15) is 9.59 Å². The number of hydrogen-bond donors (Lipinski definition) is 3. The maximum atomic E-state index is 12.4. The van der Waals surface area contributed by atoms with Crippen LogP contribution < -0.4 is 21.3 Å². The van der Waals surface area contributed by atoms with E-state index in [1.165, 1.54) is 0 Å². The highest BCUT2D eigenvalue weighted by Crippen LogP contribution is 2.18. The third-order valence-electron chi connectivity index (χ3n) is 3.88. The van der Waals surface area contributed by atoms with Crippen LogP contribution in [0.3, 0.4) is 0 Å². The summed E-state index contributed by atoms with van der Waals surface area (Å²) in [7, 11) is 0. The van der Waals surface area contributed by atoms with Gasteiger partial charge in [-0.05, 0) is 37.0 Å². The van der Waals surface area contributed by atoms with Gasteiger partial charge in [-0.15, -0.1) is 0 Å². The monoisotopic (exact) mass is 318 g/mol. The molecule has 6 nitrogen and oxygen atoms in total. The van der Waals surface area contributed by atoms with Crippen molar-refractivity contribution < 1.29 is 9.59 Å². The molecule has 4 N–H and O–H groups in total. The number of amides is 3. The highest BCUT2D eigenvalue weighted by Gasteiger charge is 2.20. The number of carbonyl (C=O) groups excluding carboxylic acids is 2. The van der Waals surface area contributed by atoms with Gasteiger partial charge in [0.1, 0.15) is 0 Å². The van der Waals surface area contributed by atoms with Gasteiger partial charge in [0.25, 0.3) is 5.91 Å². The molecule has 0 aromatic heterocycles. The smallest absolute Gasteiger partial charge is 0.321 e. The standard InChI is InChI=1S/C17H26N4O2/c1-12(2)9-14(11-18)20-16(22)13-5-3-6-15(10-13)21-8-4-7-19-17(21)23/h3,5-6,10,12,14H,4,7-9,11,18H2,1-2H3,(H,19,23)(H,20,22). The molecule has 0 spiro atoms. The normalized spacial score (nSPS) is 16.2. The highest BCUT2D eigenvalue weighted by atomic mass is 16.2. The van der Waals surface area contributed by atoms with E-state index in [2.05, 4.69) is 24.5 Å². The third kappa shape index (κ3) is 4.69. The molecule has 1 heterocycles. The summed E-state index contributed by atoms with van der Waals surface area (Å²) in [5, 5.41) is 5.78. The fourth-order valence-electron chi connectivity index (χ4n) is 2.74. The molecule has 2 rings (SSSR count). The van der Waals surface area contributed by atoms with Crippen LogP contribution in [0.25, 0.3) is 0 Å². The first-order valence-electron chi connectivity index (χ1n) is 8.17. The lowest BCUT2D eigenvalue weighted by atomic mass is 10.0. The molecule has 23 heavy (non-hydrogen) atoms. The maximum Gasteiger partial charge on any atom is 0.321 e. The van der Waals surface area contributed by atoms with Gasteiger partial charge in [0.15, 0.2) is 0 Å². The summed E-state index contributed by atoms with van der Waals surface area (Å²) in [6, 6.07) is 6.99. The fraction of sp³-hybridized carbons (Fsp3) is 0.529. The first kappa shape index (κ1) is 17.3. The number of nitrogens with two attached hydrogens (primary N) is 1. The number of anilines is 1. The fourth-order valence-corrected chi connectivity index (χ4v) is 2.74. The van der Waals surface area contributed by atoms with Gasteiger partial charge in [-0.25, -0.2) is 4.79 Å². The predicted octanol–water partition coefficient (Wildman–Crippen LogP) is 1.71. The van der Waals surface area contributed by atoms with Crippen molar-refractivity contribution in [1.82, 2.24) is 10.6 Å². The molecule has 1 fully saturated rings. The molecule has 1 aromatic rings. The molecule has 6 heteroatoms. The maximum absolute atomic E-state index is 12.4. The van der Waals surface area contributed by atoms with E-state index in [-0.39, 0.29) is 18.0 Å². The van der Waals surface area contributed by atoms with Crippen molar-refractivity contribution in [1.29, 1.82) is 0 Å².